The molecule has 1 aromatic heterocycles. The number of hydrogen-bond donors (Lipinski definition) is 0. The van der Waals surface area contributed by atoms with Crippen LogP contribution in [-0.2, 0) is 11.2 Å². The van der Waals surface area contributed by atoms with E-state index < -0.39 is 0 Å². The molecule has 1 aliphatic heterocycles. The minimum absolute atomic E-state index is 0.115. The van der Waals surface area contributed by atoms with Gasteiger partial charge in [0.05, 0.1) is 12.6 Å². The van der Waals surface area contributed by atoms with Gasteiger partial charge >= 0.3 is 0 Å². The number of carbonyl (C=O) groups is 1. The van der Waals surface area contributed by atoms with Crippen molar-refractivity contribution in [2.45, 2.75) is 32.6 Å². The van der Waals surface area contributed by atoms with Gasteiger partial charge in [0.25, 0.3) is 0 Å². The molecule has 1 aliphatic rings. The van der Waals surface area contributed by atoms with Crippen LogP contribution in [0, 0.1) is 0 Å². The molecule has 0 N–H and O–H groups in total. The van der Waals surface area contributed by atoms with Crippen LogP contribution in [0.15, 0.2) is 10.6 Å². The summed E-state index contributed by atoms with van der Waals surface area (Å²) in [6, 6.07) is 0. The normalized spacial score (nSPS) is 21.5. The molecule has 1 aromatic rings. The van der Waals surface area contributed by atoms with E-state index in [-0.39, 0.29) is 5.78 Å². The van der Waals surface area contributed by atoms with Gasteiger partial charge in [-0.05, 0) is 26.4 Å². The summed E-state index contributed by atoms with van der Waals surface area (Å²) >= 11 is 0. The number of carbonyl (C=O) groups excluding carboxylic acids is 1. The van der Waals surface area contributed by atoms with Gasteiger partial charge in [0.1, 0.15) is 11.5 Å². The maximum atomic E-state index is 10.9. The highest BCUT2D eigenvalue weighted by Crippen LogP contribution is 2.26. The molecule has 0 aromatic carbocycles. The fraction of sp³-hybridized carbons (Fsp3) is 0.667. The first-order valence-corrected chi connectivity index (χ1v) is 5.85. The van der Waals surface area contributed by atoms with E-state index >= 15 is 0 Å². The maximum absolute atomic E-state index is 10.9. The molecule has 0 radical (unpaired) electrons. The Bertz CT molecular complexity index is 373. The Morgan fingerprint density at radius 2 is 2.50 bits per heavy atom. The van der Waals surface area contributed by atoms with E-state index in [0.717, 1.165) is 31.9 Å². The van der Waals surface area contributed by atoms with E-state index in [1.807, 2.05) is 0 Å². The van der Waals surface area contributed by atoms with Gasteiger partial charge in [0.2, 0.25) is 0 Å². The van der Waals surface area contributed by atoms with Crippen molar-refractivity contribution in [1.29, 1.82) is 0 Å². The Hall–Kier alpha value is -1.16. The van der Waals surface area contributed by atoms with Crippen LogP contribution in [-0.4, -0.2) is 35.3 Å². The summed E-state index contributed by atoms with van der Waals surface area (Å²) in [5.41, 5.74) is 0. The van der Waals surface area contributed by atoms with E-state index in [0.29, 0.717) is 18.1 Å². The van der Waals surface area contributed by atoms with Crippen molar-refractivity contribution in [2.24, 2.45) is 0 Å². The number of ketones is 1. The fourth-order valence-corrected chi connectivity index (χ4v) is 2.16. The van der Waals surface area contributed by atoms with Crippen molar-refractivity contribution in [3.05, 3.63) is 17.8 Å². The summed E-state index contributed by atoms with van der Waals surface area (Å²) in [5.74, 6) is 2.01. The zero-order valence-corrected chi connectivity index (χ0v) is 9.90. The Morgan fingerprint density at radius 1 is 1.69 bits per heavy atom. The minimum atomic E-state index is 0.115. The quantitative estimate of drug-likeness (QED) is 0.776. The molecule has 1 atom stereocenters. The lowest BCUT2D eigenvalue weighted by atomic mass is 10.1. The van der Waals surface area contributed by atoms with Crippen LogP contribution in [0.3, 0.4) is 0 Å². The first-order valence-electron chi connectivity index (χ1n) is 5.85. The highest BCUT2D eigenvalue weighted by Gasteiger charge is 2.26. The summed E-state index contributed by atoms with van der Waals surface area (Å²) < 4.78 is 5.61. The summed E-state index contributed by atoms with van der Waals surface area (Å²) in [6.07, 6.45) is 3.15. The van der Waals surface area contributed by atoms with Crippen molar-refractivity contribution in [3.63, 3.8) is 0 Å². The predicted octanol–water partition coefficient (Wildman–Crippen LogP) is 1.62. The Morgan fingerprint density at radius 3 is 3.12 bits per heavy atom. The Labute approximate surface area is 95.6 Å². The molecule has 88 valence electrons. The van der Waals surface area contributed by atoms with Crippen molar-refractivity contribution in [1.82, 2.24) is 9.88 Å². The van der Waals surface area contributed by atoms with Crippen LogP contribution in [0.1, 0.15) is 37.8 Å². The molecular weight excluding hydrogens is 204 g/mol. The lowest BCUT2D eigenvalue weighted by Crippen LogP contribution is -2.19. The van der Waals surface area contributed by atoms with Crippen LogP contribution in [0.5, 0.6) is 0 Å². The van der Waals surface area contributed by atoms with Crippen molar-refractivity contribution in [2.75, 3.05) is 19.6 Å². The molecular formula is C12H18N2O2. The van der Waals surface area contributed by atoms with Gasteiger partial charge in [-0.25, -0.2) is 4.98 Å². The van der Waals surface area contributed by atoms with Gasteiger partial charge < -0.3 is 9.32 Å². The maximum Gasteiger partial charge on any atom is 0.198 e. The summed E-state index contributed by atoms with van der Waals surface area (Å²) in [4.78, 5) is 17.6. The van der Waals surface area contributed by atoms with Crippen LogP contribution in [0.4, 0.5) is 0 Å². The number of aromatic nitrogens is 1. The largest absolute Gasteiger partial charge is 0.445 e. The third-order valence-corrected chi connectivity index (χ3v) is 3.06. The molecule has 4 nitrogen and oxygen atoms in total. The van der Waals surface area contributed by atoms with E-state index in [1.165, 1.54) is 0 Å². The first-order chi connectivity index (χ1) is 7.69. The molecule has 0 spiro atoms. The predicted molar refractivity (Wildman–Crippen MR) is 60.4 cm³/mol. The van der Waals surface area contributed by atoms with E-state index in [4.69, 9.17) is 4.42 Å². The van der Waals surface area contributed by atoms with Gasteiger partial charge in [-0.15, -0.1) is 0 Å². The second kappa shape index (κ2) is 4.78. The lowest BCUT2D eigenvalue weighted by molar-refractivity contribution is -0.116. The monoisotopic (exact) mass is 222 g/mol. The Kier molecular flexibility index (Phi) is 3.39. The number of rotatable bonds is 4. The third kappa shape index (κ3) is 2.50. The fourth-order valence-electron chi connectivity index (χ4n) is 2.16. The molecule has 0 aliphatic carbocycles. The number of nitrogens with zero attached hydrogens (tertiary/aromatic N) is 2. The molecule has 16 heavy (non-hydrogen) atoms. The van der Waals surface area contributed by atoms with Gasteiger partial charge in [-0.3, -0.25) is 4.79 Å². The summed E-state index contributed by atoms with van der Waals surface area (Å²) in [6.45, 7) is 6.95. The smallest absolute Gasteiger partial charge is 0.198 e. The standard InChI is InChI=1S/C12H18N2O2/c1-3-14-5-4-10(8-14)12-13-7-11(16-12)6-9(2)15/h7,10H,3-6,8H2,1-2H3. The van der Waals surface area contributed by atoms with Gasteiger partial charge in [-0.1, -0.05) is 6.92 Å². The van der Waals surface area contributed by atoms with Gasteiger partial charge in [0, 0.05) is 12.5 Å². The van der Waals surface area contributed by atoms with Crippen LogP contribution in [0.25, 0.3) is 0 Å². The van der Waals surface area contributed by atoms with E-state index in [1.54, 1.807) is 13.1 Å². The van der Waals surface area contributed by atoms with Crippen molar-refractivity contribution >= 4 is 5.78 Å². The molecule has 2 heterocycles. The van der Waals surface area contributed by atoms with Crippen molar-refractivity contribution in [3.8, 4) is 0 Å². The second-order valence-electron chi connectivity index (χ2n) is 4.42. The number of likely N-dealkylation sites (N-methyl/N-ethyl adjacent to an activating group) is 1. The highest BCUT2D eigenvalue weighted by molar-refractivity contribution is 5.77. The molecule has 0 bridgehead atoms. The zero-order valence-electron chi connectivity index (χ0n) is 9.90. The SMILES string of the molecule is CCN1CCC(c2ncc(CC(C)=O)o2)C1. The molecule has 0 amide bonds. The molecule has 0 saturated carbocycles. The highest BCUT2D eigenvalue weighted by atomic mass is 16.4. The van der Waals surface area contributed by atoms with Gasteiger partial charge in [-0.2, -0.15) is 0 Å². The number of likely N-dealkylation sites (tertiary alicyclic amines) is 1. The average Bonchev–Trinajstić information content (AvgIpc) is 2.83. The number of oxazole rings is 1. The zero-order chi connectivity index (χ0) is 11.5. The Balaban J connectivity index is 1.99. The van der Waals surface area contributed by atoms with E-state index in [2.05, 4.69) is 16.8 Å². The minimum Gasteiger partial charge on any atom is -0.445 e. The molecule has 1 unspecified atom stereocenters. The second-order valence-corrected chi connectivity index (χ2v) is 4.42. The summed E-state index contributed by atoms with van der Waals surface area (Å²) in [5, 5.41) is 0. The third-order valence-electron chi connectivity index (χ3n) is 3.06. The molecule has 1 fully saturated rings. The topological polar surface area (TPSA) is 46.3 Å². The first kappa shape index (κ1) is 11.3. The average molecular weight is 222 g/mol. The lowest BCUT2D eigenvalue weighted by Gasteiger charge is -2.10. The molecule has 4 heteroatoms. The van der Waals surface area contributed by atoms with E-state index in [9.17, 15) is 4.79 Å². The van der Waals surface area contributed by atoms with Crippen LogP contribution >= 0.6 is 0 Å². The van der Waals surface area contributed by atoms with Crippen molar-refractivity contribution < 1.29 is 9.21 Å². The number of hydrogen-bond acceptors (Lipinski definition) is 4. The number of Topliss-reactive ketones (excluding diaryl/α,β-unsaturated/α-hetero) is 1. The molecule has 2 rings (SSSR count). The van der Waals surface area contributed by atoms with Crippen LogP contribution < -0.4 is 0 Å². The molecule has 1 saturated heterocycles. The van der Waals surface area contributed by atoms with Gasteiger partial charge in [0.15, 0.2) is 5.89 Å². The van der Waals surface area contributed by atoms with Crippen LogP contribution in [0.2, 0.25) is 0 Å². The summed E-state index contributed by atoms with van der Waals surface area (Å²) in [7, 11) is 0.